The van der Waals surface area contributed by atoms with Gasteiger partial charge in [-0.15, -0.1) is 10.2 Å². The molecular weight excluding hydrogens is 367 g/mol. The van der Waals surface area contributed by atoms with Gasteiger partial charge in [-0.1, -0.05) is 23.4 Å². The van der Waals surface area contributed by atoms with E-state index in [4.69, 9.17) is 16.0 Å². The minimum atomic E-state index is -0.586. The van der Waals surface area contributed by atoms with Gasteiger partial charge in [-0.3, -0.25) is 4.79 Å². The number of carbonyl (C=O) groups is 1. The molecule has 3 aromatic rings. The molecule has 0 saturated carbocycles. The van der Waals surface area contributed by atoms with Gasteiger partial charge >= 0.3 is 0 Å². The van der Waals surface area contributed by atoms with Crippen LogP contribution in [-0.2, 0) is 11.8 Å². The maximum absolute atomic E-state index is 13.8. The number of furan rings is 1. The first kappa shape index (κ1) is 17.5. The summed E-state index contributed by atoms with van der Waals surface area (Å²) in [4.78, 5) is 12.3. The van der Waals surface area contributed by atoms with E-state index in [9.17, 15) is 9.18 Å². The molecule has 1 atom stereocenters. The topological polar surface area (TPSA) is 73.0 Å². The van der Waals surface area contributed by atoms with Crippen LogP contribution in [0.25, 0.3) is 11.6 Å². The van der Waals surface area contributed by atoms with Crippen LogP contribution in [0.1, 0.15) is 6.92 Å². The fourth-order valence-electron chi connectivity index (χ4n) is 2.07. The minimum Gasteiger partial charge on any atom is -0.461 e. The predicted octanol–water partition coefficient (Wildman–Crippen LogP) is 3.99. The number of rotatable bonds is 5. The Morgan fingerprint density at radius 2 is 2.20 bits per heavy atom. The predicted molar refractivity (Wildman–Crippen MR) is 94.1 cm³/mol. The van der Waals surface area contributed by atoms with Crippen molar-refractivity contribution in [1.82, 2.24) is 14.8 Å². The van der Waals surface area contributed by atoms with Crippen LogP contribution in [0.2, 0.25) is 5.02 Å². The fourth-order valence-corrected chi connectivity index (χ4v) is 3.05. The summed E-state index contributed by atoms with van der Waals surface area (Å²) in [5.74, 6) is 0.205. The maximum Gasteiger partial charge on any atom is 0.237 e. The van der Waals surface area contributed by atoms with E-state index >= 15 is 0 Å². The zero-order chi connectivity index (χ0) is 18.0. The molecule has 6 nitrogen and oxygen atoms in total. The van der Waals surface area contributed by atoms with Gasteiger partial charge in [0, 0.05) is 12.1 Å². The Morgan fingerprint density at radius 1 is 1.40 bits per heavy atom. The highest BCUT2D eigenvalue weighted by Gasteiger charge is 2.21. The summed E-state index contributed by atoms with van der Waals surface area (Å²) in [5, 5.41) is 11.0. The number of hydrogen-bond donors (Lipinski definition) is 1. The Morgan fingerprint density at radius 3 is 2.88 bits per heavy atom. The monoisotopic (exact) mass is 380 g/mol. The first-order chi connectivity index (χ1) is 12.0. The lowest BCUT2D eigenvalue weighted by Crippen LogP contribution is -2.23. The SMILES string of the molecule is C[C@H](Sc1nnc(-c2ccco2)n1C)C(=O)Nc1ccc(Cl)cc1F. The molecule has 0 aliphatic rings. The molecule has 0 saturated heterocycles. The number of amides is 1. The molecule has 3 rings (SSSR count). The largest absolute Gasteiger partial charge is 0.461 e. The van der Waals surface area contributed by atoms with Crippen molar-refractivity contribution in [3.8, 4) is 11.6 Å². The van der Waals surface area contributed by atoms with Crippen LogP contribution in [0.15, 0.2) is 46.2 Å². The van der Waals surface area contributed by atoms with Crippen LogP contribution in [0.3, 0.4) is 0 Å². The number of carbonyl (C=O) groups excluding carboxylic acids is 1. The Kier molecular flexibility index (Phi) is 5.10. The van der Waals surface area contributed by atoms with E-state index in [1.165, 1.54) is 23.9 Å². The molecule has 1 N–H and O–H groups in total. The van der Waals surface area contributed by atoms with Gasteiger partial charge in [0.15, 0.2) is 16.7 Å². The first-order valence-corrected chi connectivity index (χ1v) is 8.57. The molecular formula is C16H14ClFN4O2S. The van der Waals surface area contributed by atoms with Crippen LogP contribution in [0, 0.1) is 5.82 Å². The number of anilines is 1. The molecule has 0 fully saturated rings. The molecule has 0 aliphatic heterocycles. The molecule has 1 aromatic carbocycles. The van der Waals surface area contributed by atoms with Crippen molar-refractivity contribution in [2.45, 2.75) is 17.3 Å². The number of thioether (sulfide) groups is 1. The van der Waals surface area contributed by atoms with Gasteiger partial charge in [0.2, 0.25) is 5.91 Å². The van der Waals surface area contributed by atoms with Crippen molar-refractivity contribution in [1.29, 1.82) is 0 Å². The molecule has 2 heterocycles. The van der Waals surface area contributed by atoms with Gasteiger partial charge in [0.25, 0.3) is 0 Å². The Bertz CT molecular complexity index is 898. The molecule has 0 bridgehead atoms. The standard InChI is InChI=1S/C16H14ClFN4O2S/c1-9(15(23)19-12-6-5-10(17)8-11(12)18)25-16-21-20-14(22(16)2)13-4-3-7-24-13/h3-9H,1-2H3,(H,19,23)/t9-/m0/s1. The van der Waals surface area contributed by atoms with E-state index in [1.807, 2.05) is 0 Å². The molecule has 0 aliphatic carbocycles. The lowest BCUT2D eigenvalue weighted by Gasteiger charge is -2.12. The van der Waals surface area contributed by atoms with Crippen molar-refractivity contribution in [3.63, 3.8) is 0 Å². The summed E-state index contributed by atoms with van der Waals surface area (Å²) in [7, 11) is 1.78. The van der Waals surface area contributed by atoms with Crippen LogP contribution >= 0.6 is 23.4 Å². The van der Waals surface area contributed by atoms with Gasteiger partial charge in [-0.2, -0.15) is 0 Å². The lowest BCUT2D eigenvalue weighted by atomic mass is 10.3. The first-order valence-electron chi connectivity index (χ1n) is 7.31. The second-order valence-corrected chi connectivity index (χ2v) is 6.96. The second kappa shape index (κ2) is 7.28. The highest BCUT2D eigenvalue weighted by molar-refractivity contribution is 8.00. The van der Waals surface area contributed by atoms with Crippen molar-refractivity contribution in [3.05, 3.63) is 47.4 Å². The van der Waals surface area contributed by atoms with Crippen LogP contribution in [0.4, 0.5) is 10.1 Å². The van der Waals surface area contributed by atoms with Crippen molar-refractivity contribution in [2.24, 2.45) is 7.05 Å². The van der Waals surface area contributed by atoms with Crippen molar-refractivity contribution < 1.29 is 13.6 Å². The molecule has 130 valence electrons. The zero-order valence-corrected chi connectivity index (χ0v) is 14.9. The molecule has 2 aromatic heterocycles. The zero-order valence-electron chi connectivity index (χ0n) is 13.4. The number of benzene rings is 1. The quantitative estimate of drug-likeness (QED) is 0.677. The Balaban J connectivity index is 1.69. The van der Waals surface area contributed by atoms with E-state index in [2.05, 4.69) is 15.5 Å². The summed E-state index contributed by atoms with van der Waals surface area (Å²) in [6.07, 6.45) is 1.55. The molecule has 0 radical (unpaired) electrons. The average Bonchev–Trinajstić information content (AvgIpc) is 3.20. The molecule has 0 spiro atoms. The van der Waals surface area contributed by atoms with Gasteiger partial charge in [-0.25, -0.2) is 4.39 Å². The van der Waals surface area contributed by atoms with Crippen molar-refractivity contribution >= 4 is 35.0 Å². The van der Waals surface area contributed by atoms with Gasteiger partial charge in [-0.05, 0) is 37.3 Å². The molecule has 25 heavy (non-hydrogen) atoms. The highest BCUT2D eigenvalue weighted by Crippen LogP contribution is 2.27. The van der Waals surface area contributed by atoms with E-state index in [-0.39, 0.29) is 16.6 Å². The number of nitrogens with one attached hydrogen (secondary N) is 1. The molecule has 0 unspecified atom stereocenters. The number of halogens is 2. The third kappa shape index (κ3) is 3.85. The van der Waals surface area contributed by atoms with E-state index in [0.29, 0.717) is 16.7 Å². The third-order valence-corrected chi connectivity index (χ3v) is 4.79. The number of aromatic nitrogens is 3. The number of nitrogens with zero attached hydrogens (tertiary/aromatic N) is 3. The van der Waals surface area contributed by atoms with Gasteiger partial charge in [0.1, 0.15) is 5.82 Å². The minimum absolute atomic E-state index is 0.0797. The summed E-state index contributed by atoms with van der Waals surface area (Å²) in [5.41, 5.74) is 0.0797. The highest BCUT2D eigenvalue weighted by atomic mass is 35.5. The molecule has 1 amide bonds. The number of hydrogen-bond acceptors (Lipinski definition) is 5. The fraction of sp³-hybridized carbons (Fsp3) is 0.188. The summed E-state index contributed by atoms with van der Waals surface area (Å²) in [6, 6.07) is 7.61. The summed E-state index contributed by atoms with van der Waals surface area (Å²) < 4.78 is 20.8. The third-order valence-electron chi connectivity index (χ3n) is 3.42. The Hall–Kier alpha value is -2.32. The average molecular weight is 381 g/mol. The maximum atomic E-state index is 13.8. The summed E-state index contributed by atoms with van der Waals surface area (Å²) >= 11 is 6.91. The lowest BCUT2D eigenvalue weighted by molar-refractivity contribution is -0.115. The van der Waals surface area contributed by atoms with E-state index < -0.39 is 11.1 Å². The second-order valence-electron chi connectivity index (χ2n) is 5.22. The van der Waals surface area contributed by atoms with Gasteiger partial charge in [0.05, 0.1) is 17.2 Å². The van der Waals surface area contributed by atoms with Crippen LogP contribution < -0.4 is 5.32 Å². The normalized spacial score (nSPS) is 12.2. The van der Waals surface area contributed by atoms with Crippen LogP contribution in [0.5, 0.6) is 0 Å². The smallest absolute Gasteiger partial charge is 0.237 e. The van der Waals surface area contributed by atoms with Gasteiger partial charge < -0.3 is 14.3 Å². The van der Waals surface area contributed by atoms with E-state index in [1.54, 1.807) is 36.9 Å². The van der Waals surface area contributed by atoms with E-state index in [0.717, 1.165) is 6.07 Å². The molecule has 9 heteroatoms. The summed E-state index contributed by atoms with van der Waals surface area (Å²) in [6.45, 7) is 1.70. The Labute approximate surface area is 152 Å². The van der Waals surface area contributed by atoms with Crippen molar-refractivity contribution in [2.75, 3.05) is 5.32 Å². The van der Waals surface area contributed by atoms with Crippen LogP contribution in [-0.4, -0.2) is 25.9 Å².